The Balaban J connectivity index is 2.47. The third-order valence-corrected chi connectivity index (χ3v) is 4.43. The monoisotopic (exact) mass is 418 g/mol. The van der Waals surface area contributed by atoms with Crippen LogP contribution in [0.15, 0.2) is 24.3 Å². The first kappa shape index (κ1) is 23.1. The van der Waals surface area contributed by atoms with E-state index in [1.807, 2.05) is 0 Å². The van der Waals surface area contributed by atoms with Gasteiger partial charge in [0.2, 0.25) is 0 Å². The van der Waals surface area contributed by atoms with Crippen molar-refractivity contribution >= 4 is 17.7 Å². The summed E-state index contributed by atoms with van der Waals surface area (Å²) in [6, 6.07) is 6.79. The van der Waals surface area contributed by atoms with Crippen LogP contribution in [0.2, 0.25) is 0 Å². The number of esters is 1. The molecule has 0 aliphatic rings. The SMILES string of the molecule is CCOC(=O)c1c(C)[nH]c(C(=O)C(=O)NCC(OC)OC)c1-c1ccc(OC)cc1. The Kier molecular flexibility index (Phi) is 8.14. The third kappa shape index (κ3) is 5.05. The number of ether oxygens (including phenoxy) is 4. The van der Waals surface area contributed by atoms with Gasteiger partial charge in [0, 0.05) is 25.5 Å². The van der Waals surface area contributed by atoms with E-state index in [2.05, 4.69) is 10.3 Å². The lowest BCUT2D eigenvalue weighted by atomic mass is 9.98. The van der Waals surface area contributed by atoms with Crippen LogP contribution < -0.4 is 10.1 Å². The minimum absolute atomic E-state index is 0.00963. The van der Waals surface area contributed by atoms with Gasteiger partial charge in [-0.25, -0.2) is 4.79 Å². The Labute approximate surface area is 174 Å². The molecule has 9 heteroatoms. The van der Waals surface area contributed by atoms with Crippen molar-refractivity contribution in [3.63, 3.8) is 0 Å². The summed E-state index contributed by atoms with van der Waals surface area (Å²) < 4.78 is 20.3. The zero-order chi connectivity index (χ0) is 22.3. The molecule has 0 fully saturated rings. The molecule has 0 spiro atoms. The zero-order valence-electron chi connectivity index (χ0n) is 17.7. The molecule has 0 unspecified atom stereocenters. The highest BCUT2D eigenvalue weighted by molar-refractivity contribution is 6.43. The molecule has 0 aliphatic heterocycles. The Morgan fingerprint density at radius 2 is 1.70 bits per heavy atom. The second kappa shape index (κ2) is 10.6. The highest BCUT2D eigenvalue weighted by Crippen LogP contribution is 2.32. The number of hydrogen-bond acceptors (Lipinski definition) is 7. The topological polar surface area (TPSA) is 116 Å². The Hall–Kier alpha value is -3.17. The number of Topliss-reactive ketones (excluding diaryl/α,β-unsaturated/α-hetero) is 1. The molecule has 0 bridgehead atoms. The number of H-pyrrole nitrogens is 1. The van der Waals surface area contributed by atoms with Gasteiger partial charge in [-0.15, -0.1) is 0 Å². The van der Waals surface area contributed by atoms with Crippen LogP contribution >= 0.6 is 0 Å². The van der Waals surface area contributed by atoms with Crippen LogP contribution in [0.25, 0.3) is 11.1 Å². The van der Waals surface area contributed by atoms with E-state index in [1.165, 1.54) is 21.3 Å². The van der Waals surface area contributed by atoms with Crippen molar-refractivity contribution in [1.82, 2.24) is 10.3 Å². The minimum atomic E-state index is -0.861. The Morgan fingerprint density at radius 3 is 2.23 bits per heavy atom. The first-order valence-corrected chi connectivity index (χ1v) is 9.30. The van der Waals surface area contributed by atoms with Crippen LogP contribution in [0, 0.1) is 6.92 Å². The quantitative estimate of drug-likeness (QED) is 0.263. The lowest BCUT2D eigenvalue weighted by Gasteiger charge is -2.13. The number of ketones is 1. The van der Waals surface area contributed by atoms with Gasteiger partial charge in [-0.05, 0) is 31.5 Å². The number of aryl methyl sites for hydroxylation is 1. The van der Waals surface area contributed by atoms with Gasteiger partial charge in [-0.1, -0.05) is 12.1 Å². The van der Waals surface area contributed by atoms with Gasteiger partial charge in [0.15, 0.2) is 6.29 Å². The van der Waals surface area contributed by atoms with Gasteiger partial charge in [0.25, 0.3) is 11.7 Å². The first-order chi connectivity index (χ1) is 14.4. The Bertz CT molecular complexity index is 899. The number of methoxy groups -OCH3 is 3. The van der Waals surface area contributed by atoms with Crippen LogP contribution in [-0.4, -0.2) is 63.4 Å². The first-order valence-electron chi connectivity index (χ1n) is 9.30. The molecule has 0 aliphatic carbocycles. The summed E-state index contributed by atoms with van der Waals surface area (Å²) in [6.07, 6.45) is -0.691. The minimum Gasteiger partial charge on any atom is -0.497 e. The van der Waals surface area contributed by atoms with E-state index in [9.17, 15) is 14.4 Å². The van der Waals surface area contributed by atoms with E-state index < -0.39 is 23.9 Å². The summed E-state index contributed by atoms with van der Waals surface area (Å²) >= 11 is 0. The number of aromatic nitrogens is 1. The lowest BCUT2D eigenvalue weighted by Crippen LogP contribution is -2.38. The second-order valence-corrected chi connectivity index (χ2v) is 6.26. The number of nitrogens with one attached hydrogen (secondary N) is 2. The number of rotatable bonds is 10. The summed E-state index contributed by atoms with van der Waals surface area (Å²) in [6.45, 7) is 3.48. The number of aromatic amines is 1. The molecule has 1 heterocycles. The van der Waals surface area contributed by atoms with Gasteiger partial charge in [-0.3, -0.25) is 9.59 Å². The summed E-state index contributed by atoms with van der Waals surface area (Å²) in [5.74, 6) is -1.67. The van der Waals surface area contributed by atoms with Gasteiger partial charge >= 0.3 is 5.97 Å². The molecule has 1 amide bonds. The number of amides is 1. The molecular formula is C21H26N2O7. The fraction of sp³-hybridized carbons (Fsp3) is 0.381. The van der Waals surface area contributed by atoms with Crippen molar-refractivity contribution in [3.05, 3.63) is 41.2 Å². The number of benzene rings is 1. The van der Waals surface area contributed by atoms with Crippen molar-refractivity contribution < 1.29 is 33.3 Å². The molecule has 30 heavy (non-hydrogen) atoms. The van der Waals surface area contributed by atoms with Crippen LogP contribution in [-0.2, 0) is 19.0 Å². The fourth-order valence-electron chi connectivity index (χ4n) is 2.93. The Morgan fingerprint density at radius 1 is 1.07 bits per heavy atom. The molecule has 162 valence electrons. The van der Waals surface area contributed by atoms with E-state index in [0.717, 1.165) is 0 Å². The van der Waals surface area contributed by atoms with Crippen LogP contribution in [0.3, 0.4) is 0 Å². The molecule has 0 saturated carbocycles. The van der Waals surface area contributed by atoms with E-state index >= 15 is 0 Å². The number of carbonyl (C=O) groups excluding carboxylic acids is 3. The smallest absolute Gasteiger partial charge is 0.340 e. The maximum atomic E-state index is 12.9. The molecule has 2 N–H and O–H groups in total. The molecule has 0 atom stereocenters. The summed E-state index contributed by atoms with van der Waals surface area (Å²) in [4.78, 5) is 40.8. The zero-order valence-corrected chi connectivity index (χ0v) is 17.7. The second-order valence-electron chi connectivity index (χ2n) is 6.26. The van der Waals surface area contributed by atoms with Gasteiger partial charge < -0.3 is 29.2 Å². The van der Waals surface area contributed by atoms with E-state index in [-0.39, 0.29) is 24.4 Å². The van der Waals surface area contributed by atoms with Crippen molar-refractivity contribution in [2.45, 2.75) is 20.1 Å². The highest BCUT2D eigenvalue weighted by atomic mass is 16.7. The maximum Gasteiger partial charge on any atom is 0.340 e. The summed E-state index contributed by atoms with van der Waals surface area (Å²) in [5.41, 5.74) is 1.46. The van der Waals surface area contributed by atoms with Crippen LogP contribution in [0.4, 0.5) is 0 Å². The molecule has 2 rings (SSSR count). The van der Waals surface area contributed by atoms with Gasteiger partial charge in [-0.2, -0.15) is 0 Å². The standard InChI is InChI=1S/C21H26N2O7/c1-6-30-21(26)16-12(2)23-18(17(16)13-7-9-14(27-3)10-8-13)19(24)20(25)22-11-15(28-4)29-5/h7-10,15,23H,6,11H2,1-5H3,(H,22,25). The summed E-state index contributed by atoms with van der Waals surface area (Å²) in [7, 11) is 4.37. The van der Waals surface area contributed by atoms with Crippen LogP contribution in [0.1, 0.15) is 33.5 Å². The average Bonchev–Trinajstić information content (AvgIpc) is 3.11. The average molecular weight is 418 g/mol. The summed E-state index contributed by atoms with van der Waals surface area (Å²) in [5, 5.41) is 2.47. The van der Waals surface area contributed by atoms with Crippen LogP contribution in [0.5, 0.6) is 5.75 Å². The maximum absolute atomic E-state index is 12.9. The molecule has 1 aromatic heterocycles. The fourth-order valence-corrected chi connectivity index (χ4v) is 2.93. The largest absolute Gasteiger partial charge is 0.497 e. The molecular weight excluding hydrogens is 392 g/mol. The van der Waals surface area contributed by atoms with Gasteiger partial charge in [0.05, 0.1) is 25.8 Å². The molecule has 2 aromatic rings. The van der Waals surface area contributed by atoms with Gasteiger partial charge in [0.1, 0.15) is 11.4 Å². The molecule has 9 nitrogen and oxygen atoms in total. The predicted molar refractivity (Wildman–Crippen MR) is 109 cm³/mol. The predicted octanol–water partition coefficient (Wildman–Crippen LogP) is 2.09. The normalized spacial score (nSPS) is 10.7. The van der Waals surface area contributed by atoms with Crippen molar-refractivity contribution in [2.75, 3.05) is 34.5 Å². The van der Waals surface area contributed by atoms with Crippen molar-refractivity contribution in [2.24, 2.45) is 0 Å². The third-order valence-electron chi connectivity index (χ3n) is 4.43. The van der Waals surface area contributed by atoms with Crippen molar-refractivity contribution in [3.8, 4) is 16.9 Å². The van der Waals surface area contributed by atoms with Crippen molar-refractivity contribution in [1.29, 1.82) is 0 Å². The lowest BCUT2D eigenvalue weighted by molar-refractivity contribution is -0.123. The molecule has 1 aromatic carbocycles. The highest BCUT2D eigenvalue weighted by Gasteiger charge is 2.30. The van der Waals surface area contributed by atoms with E-state index in [4.69, 9.17) is 18.9 Å². The number of carbonyl (C=O) groups is 3. The number of hydrogen-bond donors (Lipinski definition) is 2. The molecule has 0 saturated heterocycles. The van der Waals surface area contributed by atoms with E-state index in [0.29, 0.717) is 22.6 Å². The van der Waals surface area contributed by atoms with E-state index in [1.54, 1.807) is 38.1 Å². The molecule has 0 radical (unpaired) electrons.